The third kappa shape index (κ3) is 7.06. The predicted molar refractivity (Wildman–Crippen MR) is 197 cm³/mol. The summed E-state index contributed by atoms with van der Waals surface area (Å²) in [5.74, 6) is -2.43. The van der Waals surface area contributed by atoms with Crippen LogP contribution in [0.2, 0.25) is 0 Å². The van der Waals surface area contributed by atoms with Gasteiger partial charge in [-0.15, -0.1) is 0 Å². The molecule has 1 N–H and O–H groups in total. The van der Waals surface area contributed by atoms with Crippen LogP contribution in [0.15, 0.2) is 24.3 Å². The van der Waals surface area contributed by atoms with E-state index in [0.29, 0.717) is 44.6 Å². The Kier molecular flexibility index (Phi) is 10.3. The molecule has 11 rings (SSSR count). The molecule has 0 spiro atoms. The first-order valence-corrected chi connectivity index (χ1v) is 21.8. The maximum absolute atomic E-state index is 13.3. The van der Waals surface area contributed by atoms with Crippen LogP contribution in [0.25, 0.3) is 0 Å². The van der Waals surface area contributed by atoms with Gasteiger partial charge in [-0.2, -0.15) is 0 Å². The minimum absolute atomic E-state index is 0.0104. The lowest BCUT2D eigenvalue weighted by Gasteiger charge is -2.47. The second kappa shape index (κ2) is 14.9. The minimum Gasteiger partial charge on any atom is -0.460 e. The number of hydrogen-bond donors (Lipinski definition) is 1. The smallest absolute Gasteiger partial charge is 0.308 e. The van der Waals surface area contributed by atoms with Crippen LogP contribution in [0.3, 0.4) is 0 Å². The largest absolute Gasteiger partial charge is 0.460 e. The van der Waals surface area contributed by atoms with Crippen molar-refractivity contribution in [2.75, 3.05) is 6.61 Å². The molecule has 11 aliphatic heterocycles. The van der Waals surface area contributed by atoms with E-state index in [1.807, 2.05) is 0 Å². The summed E-state index contributed by atoms with van der Waals surface area (Å²) in [6.45, 7) is 15.5. The molecule has 0 saturated carbocycles. The van der Waals surface area contributed by atoms with Crippen LogP contribution < -0.4 is 0 Å². The lowest BCUT2D eigenvalue weighted by Crippen LogP contribution is -2.62. The summed E-state index contributed by atoms with van der Waals surface area (Å²) in [6.07, 6.45) is 6.53. The Morgan fingerprint density at radius 3 is 2.43 bits per heavy atom. The summed E-state index contributed by atoms with van der Waals surface area (Å²) in [5.41, 5.74) is 2.33. The number of ether oxygens (including phenoxy) is 11. The number of carbonyl (C=O) groups is 1. The summed E-state index contributed by atoms with van der Waals surface area (Å²) in [7, 11) is 0. The zero-order valence-corrected chi connectivity index (χ0v) is 33.3. The summed E-state index contributed by atoms with van der Waals surface area (Å²) in [6, 6.07) is 0. The van der Waals surface area contributed by atoms with Gasteiger partial charge >= 0.3 is 5.97 Å². The minimum atomic E-state index is -1.50. The zero-order chi connectivity index (χ0) is 38.5. The number of rotatable bonds is 10. The highest BCUT2D eigenvalue weighted by Gasteiger charge is 2.74. The Morgan fingerprint density at radius 1 is 0.768 bits per heavy atom. The molecule has 6 bridgehead atoms. The first-order chi connectivity index (χ1) is 26.9. The Morgan fingerprint density at radius 2 is 1.57 bits per heavy atom. The maximum atomic E-state index is 13.3. The van der Waals surface area contributed by atoms with Crippen molar-refractivity contribution < 1.29 is 62.0 Å². The highest BCUT2D eigenvalue weighted by atomic mass is 16.8. The van der Waals surface area contributed by atoms with Crippen molar-refractivity contribution in [2.45, 2.75) is 226 Å². The molecule has 13 nitrogen and oxygen atoms in total. The van der Waals surface area contributed by atoms with Gasteiger partial charge in [0.05, 0.1) is 86.6 Å². The second-order valence-electron chi connectivity index (χ2n) is 18.8. The van der Waals surface area contributed by atoms with Gasteiger partial charge in [0.25, 0.3) is 0 Å². The number of aliphatic hydroxyl groups is 1. The van der Waals surface area contributed by atoms with Crippen molar-refractivity contribution in [1.29, 1.82) is 0 Å². The van der Waals surface area contributed by atoms with E-state index in [2.05, 4.69) is 33.9 Å². The van der Waals surface area contributed by atoms with Gasteiger partial charge in [0.2, 0.25) is 5.79 Å². The Balaban J connectivity index is 0.736. The Labute approximate surface area is 330 Å². The third-order valence-electron chi connectivity index (χ3n) is 14.7. The topological polar surface area (TPSA) is 139 Å². The molecule has 0 amide bonds. The van der Waals surface area contributed by atoms with Gasteiger partial charge in [-0.1, -0.05) is 27.0 Å². The molecule has 0 aromatic carbocycles. The lowest BCUT2D eigenvalue weighted by molar-refractivity contribution is -0.301. The highest BCUT2D eigenvalue weighted by molar-refractivity contribution is 5.70. The zero-order valence-electron chi connectivity index (χ0n) is 33.3. The molecule has 56 heavy (non-hydrogen) atoms. The van der Waals surface area contributed by atoms with Gasteiger partial charge < -0.3 is 57.2 Å². The number of carbonyl (C=O) groups excluding carboxylic acids is 1. The molecular weight excluding hydrogens is 724 g/mol. The molecule has 11 fully saturated rings. The van der Waals surface area contributed by atoms with Crippen molar-refractivity contribution in [3.05, 3.63) is 24.3 Å². The summed E-state index contributed by atoms with van der Waals surface area (Å²) < 4.78 is 70.5. The normalized spacial score (nSPS) is 53.1. The maximum Gasteiger partial charge on any atom is 0.308 e. The molecule has 11 heterocycles. The van der Waals surface area contributed by atoms with E-state index in [4.69, 9.17) is 52.1 Å². The molecule has 0 aromatic heterocycles. The van der Waals surface area contributed by atoms with Crippen molar-refractivity contribution in [2.24, 2.45) is 5.92 Å². The van der Waals surface area contributed by atoms with Crippen molar-refractivity contribution in [1.82, 2.24) is 0 Å². The van der Waals surface area contributed by atoms with Gasteiger partial charge in [0, 0.05) is 25.7 Å². The van der Waals surface area contributed by atoms with Crippen molar-refractivity contribution in [3.63, 3.8) is 0 Å². The summed E-state index contributed by atoms with van der Waals surface area (Å²) >= 11 is 0. The van der Waals surface area contributed by atoms with Crippen molar-refractivity contribution >= 4 is 5.97 Å². The van der Waals surface area contributed by atoms with Crippen molar-refractivity contribution in [3.8, 4) is 0 Å². The average molecular weight is 787 g/mol. The van der Waals surface area contributed by atoms with Gasteiger partial charge in [-0.3, -0.25) is 4.79 Å². The quantitative estimate of drug-likeness (QED) is 0.242. The average Bonchev–Trinajstić information content (AvgIpc) is 3.83. The molecule has 20 atom stereocenters. The molecule has 11 aliphatic rings. The third-order valence-corrected chi connectivity index (χ3v) is 14.7. The molecule has 13 unspecified atom stereocenters. The van der Waals surface area contributed by atoms with E-state index < -0.39 is 42.1 Å². The molecular formula is C43H62O13. The van der Waals surface area contributed by atoms with Crippen LogP contribution in [-0.2, 0) is 56.9 Å². The van der Waals surface area contributed by atoms with Crippen LogP contribution in [0, 0.1) is 5.92 Å². The van der Waals surface area contributed by atoms with Crippen LogP contribution in [0.1, 0.15) is 111 Å². The fraction of sp³-hybridized carbons (Fsp3) is 0.884. The summed E-state index contributed by atoms with van der Waals surface area (Å²) in [4.78, 5) is 13.3. The summed E-state index contributed by atoms with van der Waals surface area (Å²) in [5, 5.41) is 11.8. The highest BCUT2D eigenvalue weighted by Crippen LogP contribution is 2.58. The van der Waals surface area contributed by atoms with Gasteiger partial charge in [0.1, 0.15) is 36.6 Å². The number of esters is 1. The molecule has 312 valence electrons. The van der Waals surface area contributed by atoms with E-state index >= 15 is 0 Å². The Hall–Kier alpha value is -1.49. The van der Waals surface area contributed by atoms with Crippen LogP contribution in [-0.4, -0.2) is 133 Å². The van der Waals surface area contributed by atoms with E-state index in [9.17, 15) is 9.90 Å². The molecule has 13 heteroatoms. The van der Waals surface area contributed by atoms with Crippen LogP contribution >= 0.6 is 0 Å². The molecule has 0 aromatic rings. The first-order valence-electron chi connectivity index (χ1n) is 21.8. The van der Waals surface area contributed by atoms with Gasteiger partial charge in [-0.25, -0.2) is 0 Å². The molecule has 0 aliphatic carbocycles. The monoisotopic (exact) mass is 786 g/mol. The van der Waals surface area contributed by atoms with E-state index in [1.165, 1.54) is 5.57 Å². The fourth-order valence-corrected chi connectivity index (χ4v) is 11.8. The van der Waals surface area contributed by atoms with Gasteiger partial charge in [-0.05, 0) is 75.4 Å². The first kappa shape index (κ1) is 38.7. The predicted octanol–water partition coefficient (Wildman–Crippen LogP) is 4.73. The van der Waals surface area contributed by atoms with E-state index in [1.54, 1.807) is 0 Å². The number of fused-ring (bicyclic) bond motifs is 3. The SMILES string of the molecule is C=C1C(CC)OC(CC[C@@H]2OC(CC[C@@]34C[C@@]5(O)OC6C(OC7CCC(CC(=O)OC8CO[C@H]9C[C@H]%10OC(C)CC%10OC9C8)O[C@@H]7C6O3)C5O4)CC2=C)C[C@H]1C. The van der Waals surface area contributed by atoms with Crippen LogP contribution in [0.4, 0.5) is 0 Å². The standard InChI is InChI=1S/C43H62O13/c1-6-29-24(5)21(2)13-25(48-29)7-9-30-22(3)14-27(49-30)11-12-42-20-43(45)41(56-42)40-39(55-43)38(54-42)37-31(53-40)10-8-26(51-37)17-36(44)50-28-16-34-32(46-19-28)18-35-33(52-34)15-23(4)47-35/h21,23,25-35,37-41,45H,3,5-20H2,1-2,4H3/t21-,23?,25?,26?,27?,28?,29?,30+,31?,32+,33?,34?,35-,37+,38?,39?,40?,41?,42-,43-/m1/s1. The van der Waals surface area contributed by atoms with E-state index in [-0.39, 0.29) is 92.1 Å². The second-order valence-corrected chi connectivity index (χ2v) is 18.8. The molecule has 11 saturated heterocycles. The van der Waals surface area contributed by atoms with Gasteiger partial charge in [0.15, 0.2) is 5.79 Å². The van der Waals surface area contributed by atoms with E-state index in [0.717, 1.165) is 50.5 Å². The molecule has 0 radical (unpaired) electrons. The van der Waals surface area contributed by atoms with Crippen LogP contribution in [0.5, 0.6) is 0 Å². The Bertz CT molecular complexity index is 1520. The lowest BCUT2D eigenvalue weighted by atomic mass is 9.86. The fourth-order valence-electron chi connectivity index (χ4n) is 11.8. The number of hydrogen-bond acceptors (Lipinski definition) is 13.